The first-order valence-corrected chi connectivity index (χ1v) is 6.80. The minimum atomic E-state index is -0.132. The first kappa shape index (κ1) is 13.9. The quantitative estimate of drug-likeness (QED) is 0.784. The Kier molecular flexibility index (Phi) is 5.90. The molecule has 96 valence electrons. The fourth-order valence-corrected chi connectivity index (χ4v) is 1.85. The Morgan fingerprint density at radius 2 is 2.12 bits per heavy atom. The summed E-state index contributed by atoms with van der Waals surface area (Å²) in [6, 6.07) is 0. The van der Waals surface area contributed by atoms with Crippen LogP contribution in [0, 0.1) is 5.92 Å². The molecule has 1 amide bonds. The van der Waals surface area contributed by atoms with E-state index in [9.17, 15) is 4.79 Å². The lowest BCUT2D eigenvalue weighted by molar-refractivity contribution is 0.0951. The molecule has 6 heteroatoms. The maximum Gasteiger partial charge on any atom is 0.282 e. The van der Waals surface area contributed by atoms with Gasteiger partial charge in [-0.05, 0) is 18.8 Å². The third kappa shape index (κ3) is 5.12. The maximum absolute atomic E-state index is 11.7. The Morgan fingerprint density at radius 1 is 1.35 bits per heavy atom. The van der Waals surface area contributed by atoms with Crippen LogP contribution in [0.2, 0.25) is 0 Å². The Hall–Kier alpha value is -1.17. The van der Waals surface area contributed by atoms with Gasteiger partial charge in [0.25, 0.3) is 5.91 Å². The zero-order valence-electron chi connectivity index (χ0n) is 10.6. The molecule has 2 N–H and O–H groups in total. The van der Waals surface area contributed by atoms with E-state index in [1.807, 2.05) is 0 Å². The van der Waals surface area contributed by atoms with Crippen LogP contribution in [-0.2, 0) is 0 Å². The van der Waals surface area contributed by atoms with Gasteiger partial charge in [0.15, 0.2) is 0 Å². The van der Waals surface area contributed by atoms with Crippen molar-refractivity contribution in [3.8, 4) is 0 Å². The van der Waals surface area contributed by atoms with Crippen LogP contribution in [-0.4, -0.2) is 29.2 Å². The predicted octanol–water partition coefficient (Wildman–Crippen LogP) is 2.14. The Bertz CT molecular complexity index is 351. The number of aromatic nitrogens is 2. The summed E-state index contributed by atoms with van der Waals surface area (Å²) in [4.78, 5) is 11.7. The van der Waals surface area contributed by atoms with Gasteiger partial charge in [-0.1, -0.05) is 32.1 Å². The predicted molar refractivity (Wildman–Crippen MR) is 70.5 cm³/mol. The summed E-state index contributed by atoms with van der Waals surface area (Å²) < 4.78 is 0. The van der Waals surface area contributed by atoms with Crippen LogP contribution < -0.4 is 10.6 Å². The van der Waals surface area contributed by atoms with Crippen LogP contribution in [0.25, 0.3) is 0 Å². The highest BCUT2D eigenvalue weighted by Gasteiger charge is 2.11. The second kappa shape index (κ2) is 7.21. The van der Waals surface area contributed by atoms with Crippen molar-refractivity contribution < 1.29 is 4.79 Å². The van der Waals surface area contributed by atoms with Gasteiger partial charge in [0, 0.05) is 13.1 Å². The summed E-state index contributed by atoms with van der Waals surface area (Å²) in [5.41, 5.74) is 0. The number of carbonyl (C=O) groups is 1. The maximum atomic E-state index is 11.7. The van der Waals surface area contributed by atoms with Gasteiger partial charge in [0.1, 0.15) is 0 Å². The van der Waals surface area contributed by atoms with Crippen LogP contribution in [0.15, 0.2) is 0 Å². The van der Waals surface area contributed by atoms with E-state index in [0.29, 0.717) is 22.6 Å². The van der Waals surface area contributed by atoms with Crippen molar-refractivity contribution in [1.82, 2.24) is 15.5 Å². The van der Waals surface area contributed by atoms with Crippen LogP contribution >= 0.6 is 11.3 Å². The van der Waals surface area contributed by atoms with Crippen molar-refractivity contribution in [2.75, 3.05) is 18.4 Å². The molecule has 0 saturated heterocycles. The van der Waals surface area contributed by atoms with E-state index in [1.54, 1.807) is 0 Å². The standard InChI is InChI=1S/C11H20N4OS/c1-4-6-13-11-15-14-10(17-11)9(16)12-7-5-8(2)3/h8H,4-7H2,1-3H3,(H,12,16)(H,13,15). The summed E-state index contributed by atoms with van der Waals surface area (Å²) in [5.74, 6) is 0.458. The lowest BCUT2D eigenvalue weighted by atomic mass is 10.1. The normalized spacial score (nSPS) is 10.6. The second-order valence-electron chi connectivity index (χ2n) is 4.28. The van der Waals surface area contributed by atoms with E-state index in [4.69, 9.17) is 0 Å². The Morgan fingerprint density at radius 3 is 2.76 bits per heavy atom. The second-order valence-corrected chi connectivity index (χ2v) is 5.26. The fraction of sp³-hybridized carbons (Fsp3) is 0.727. The molecule has 0 spiro atoms. The topological polar surface area (TPSA) is 66.9 Å². The van der Waals surface area contributed by atoms with Gasteiger partial charge in [-0.2, -0.15) is 0 Å². The third-order valence-electron chi connectivity index (χ3n) is 2.15. The van der Waals surface area contributed by atoms with Gasteiger partial charge in [0.2, 0.25) is 10.1 Å². The molecule has 0 fully saturated rings. The van der Waals surface area contributed by atoms with Crippen molar-refractivity contribution in [3.05, 3.63) is 5.01 Å². The summed E-state index contributed by atoms with van der Waals surface area (Å²) in [7, 11) is 0. The molecule has 0 aliphatic rings. The molecule has 0 saturated carbocycles. The number of hydrogen-bond donors (Lipinski definition) is 2. The Labute approximate surface area is 106 Å². The number of carbonyl (C=O) groups excluding carboxylic acids is 1. The highest BCUT2D eigenvalue weighted by atomic mass is 32.1. The first-order chi connectivity index (χ1) is 8.13. The zero-order chi connectivity index (χ0) is 12.7. The number of rotatable bonds is 7. The van der Waals surface area contributed by atoms with Gasteiger partial charge in [-0.15, -0.1) is 10.2 Å². The molecule has 17 heavy (non-hydrogen) atoms. The summed E-state index contributed by atoms with van der Waals surface area (Å²) in [6.07, 6.45) is 2.00. The van der Waals surface area contributed by atoms with Gasteiger partial charge >= 0.3 is 0 Å². The molecule has 1 aromatic rings. The van der Waals surface area contributed by atoms with Crippen molar-refractivity contribution in [3.63, 3.8) is 0 Å². The fourth-order valence-electron chi connectivity index (χ4n) is 1.17. The van der Waals surface area contributed by atoms with E-state index in [-0.39, 0.29) is 5.91 Å². The average molecular weight is 256 g/mol. The first-order valence-electron chi connectivity index (χ1n) is 5.99. The van der Waals surface area contributed by atoms with Crippen molar-refractivity contribution in [1.29, 1.82) is 0 Å². The number of anilines is 1. The van der Waals surface area contributed by atoms with E-state index < -0.39 is 0 Å². The van der Waals surface area contributed by atoms with Gasteiger partial charge in [-0.3, -0.25) is 4.79 Å². The van der Waals surface area contributed by atoms with Crippen LogP contribution in [0.4, 0.5) is 5.13 Å². The molecule has 0 atom stereocenters. The van der Waals surface area contributed by atoms with Gasteiger partial charge in [0.05, 0.1) is 0 Å². The summed E-state index contributed by atoms with van der Waals surface area (Å²) in [5, 5.41) is 14.9. The largest absolute Gasteiger partial charge is 0.360 e. The lowest BCUT2D eigenvalue weighted by Gasteiger charge is -2.04. The molecule has 5 nitrogen and oxygen atoms in total. The Balaban J connectivity index is 2.38. The molecule has 0 aliphatic carbocycles. The molecule has 1 heterocycles. The van der Waals surface area contributed by atoms with Crippen molar-refractivity contribution >= 4 is 22.4 Å². The minimum absolute atomic E-state index is 0.132. The molecule has 0 radical (unpaired) electrons. The van der Waals surface area contributed by atoms with E-state index in [1.165, 1.54) is 11.3 Å². The molecule has 0 unspecified atom stereocenters. The molecule has 1 rings (SSSR count). The molecule has 0 bridgehead atoms. The smallest absolute Gasteiger partial charge is 0.282 e. The molecular formula is C11H20N4OS. The monoisotopic (exact) mass is 256 g/mol. The minimum Gasteiger partial charge on any atom is -0.360 e. The van der Waals surface area contributed by atoms with Crippen LogP contribution in [0.1, 0.15) is 43.4 Å². The molecule has 0 aromatic carbocycles. The number of nitrogens with one attached hydrogen (secondary N) is 2. The summed E-state index contributed by atoms with van der Waals surface area (Å²) in [6.45, 7) is 7.87. The van der Waals surface area contributed by atoms with Crippen LogP contribution in [0.5, 0.6) is 0 Å². The van der Waals surface area contributed by atoms with Crippen molar-refractivity contribution in [2.45, 2.75) is 33.6 Å². The number of amides is 1. The molecule has 0 aliphatic heterocycles. The van der Waals surface area contributed by atoms with E-state index in [0.717, 1.165) is 19.4 Å². The zero-order valence-corrected chi connectivity index (χ0v) is 11.4. The SMILES string of the molecule is CCCNc1nnc(C(=O)NCCC(C)C)s1. The molecule has 1 aromatic heterocycles. The molecular weight excluding hydrogens is 236 g/mol. The third-order valence-corrected chi connectivity index (χ3v) is 3.03. The number of nitrogens with zero attached hydrogens (tertiary/aromatic N) is 2. The van der Waals surface area contributed by atoms with E-state index >= 15 is 0 Å². The van der Waals surface area contributed by atoms with Gasteiger partial charge < -0.3 is 10.6 Å². The average Bonchev–Trinajstić information content (AvgIpc) is 2.74. The van der Waals surface area contributed by atoms with Crippen LogP contribution in [0.3, 0.4) is 0 Å². The lowest BCUT2D eigenvalue weighted by Crippen LogP contribution is -2.25. The highest BCUT2D eigenvalue weighted by molar-refractivity contribution is 7.17. The van der Waals surface area contributed by atoms with E-state index in [2.05, 4.69) is 41.6 Å². The number of hydrogen-bond acceptors (Lipinski definition) is 5. The highest BCUT2D eigenvalue weighted by Crippen LogP contribution is 2.14. The summed E-state index contributed by atoms with van der Waals surface area (Å²) >= 11 is 1.29. The van der Waals surface area contributed by atoms with Gasteiger partial charge in [-0.25, -0.2) is 0 Å². The van der Waals surface area contributed by atoms with Crippen molar-refractivity contribution in [2.24, 2.45) is 5.92 Å².